The van der Waals surface area contributed by atoms with Gasteiger partial charge in [-0.3, -0.25) is 0 Å². The van der Waals surface area contributed by atoms with E-state index in [2.05, 4.69) is 31.2 Å². The van der Waals surface area contributed by atoms with E-state index in [1.807, 2.05) is 0 Å². The van der Waals surface area contributed by atoms with Crippen molar-refractivity contribution in [2.75, 3.05) is 27.9 Å². The lowest BCUT2D eigenvalue weighted by Gasteiger charge is -2.14. The van der Waals surface area contributed by atoms with Crippen molar-refractivity contribution in [2.45, 2.75) is 13.3 Å². The molecule has 0 aliphatic carbocycles. The molecular formula is C18H22O4. The largest absolute Gasteiger partial charge is 0.493 e. The summed E-state index contributed by atoms with van der Waals surface area (Å²) in [6, 6.07) is 12.1. The molecule has 0 spiro atoms. The van der Waals surface area contributed by atoms with Crippen LogP contribution in [0.1, 0.15) is 11.1 Å². The fraction of sp³-hybridized carbons (Fsp3) is 0.333. The Labute approximate surface area is 131 Å². The molecule has 2 aromatic carbocycles. The maximum absolute atomic E-state index is 5.81. The summed E-state index contributed by atoms with van der Waals surface area (Å²) in [5, 5.41) is 0. The molecule has 0 saturated heterocycles. The minimum Gasteiger partial charge on any atom is -0.493 e. The molecule has 0 N–H and O–H groups in total. The Hall–Kier alpha value is -2.36. The first-order valence-electron chi connectivity index (χ1n) is 7.16. The molecule has 0 aliphatic heterocycles. The molecule has 0 unspecified atom stereocenters. The quantitative estimate of drug-likeness (QED) is 0.782. The molecule has 0 atom stereocenters. The van der Waals surface area contributed by atoms with E-state index in [1.54, 1.807) is 33.5 Å². The van der Waals surface area contributed by atoms with Crippen LogP contribution in [0.5, 0.6) is 23.0 Å². The smallest absolute Gasteiger partial charge is 0.203 e. The molecule has 2 aromatic rings. The summed E-state index contributed by atoms with van der Waals surface area (Å²) in [6.07, 6.45) is 0.844. The highest BCUT2D eigenvalue weighted by Gasteiger charge is 2.13. The van der Waals surface area contributed by atoms with Gasteiger partial charge in [0.15, 0.2) is 11.5 Å². The Bertz CT molecular complexity index is 580. The standard InChI is InChI=1S/C18H22O4/c1-13-5-7-14(8-6-13)9-10-22-15-11-16(19-2)18(21-4)17(12-15)20-3/h5-8,11-12H,9-10H2,1-4H3. The molecule has 22 heavy (non-hydrogen) atoms. The van der Waals surface area contributed by atoms with Crippen LogP contribution in [0.15, 0.2) is 36.4 Å². The number of benzene rings is 2. The van der Waals surface area contributed by atoms with Gasteiger partial charge in [0.25, 0.3) is 0 Å². The van der Waals surface area contributed by atoms with Crippen LogP contribution >= 0.6 is 0 Å². The Morgan fingerprint density at radius 1 is 0.818 bits per heavy atom. The van der Waals surface area contributed by atoms with Crippen molar-refractivity contribution in [3.05, 3.63) is 47.5 Å². The number of ether oxygens (including phenoxy) is 4. The van der Waals surface area contributed by atoms with Gasteiger partial charge >= 0.3 is 0 Å². The zero-order valence-electron chi connectivity index (χ0n) is 13.5. The summed E-state index contributed by atoms with van der Waals surface area (Å²) in [4.78, 5) is 0. The molecule has 0 aliphatic rings. The second kappa shape index (κ2) is 7.59. The Balaban J connectivity index is 2.04. The highest BCUT2D eigenvalue weighted by Crippen LogP contribution is 2.40. The molecule has 0 bridgehead atoms. The van der Waals surface area contributed by atoms with Crippen LogP contribution in [0.2, 0.25) is 0 Å². The second-order valence-corrected chi connectivity index (χ2v) is 4.95. The Morgan fingerprint density at radius 3 is 1.91 bits per heavy atom. The first kappa shape index (κ1) is 16.0. The van der Waals surface area contributed by atoms with E-state index in [9.17, 15) is 0 Å². The lowest BCUT2D eigenvalue weighted by Crippen LogP contribution is -2.03. The van der Waals surface area contributed by atoms with E-state index < -0.39 is 0 Å². The van der Waals surface area contributed by atoms with Gasteiger partial charge in [0, 0.05) is 18.6 Å². The van der Waals surface area contributed by atoms with Gasteiger partial charge in [0.2, 0.25) is 5.75 Å². The molecule has 4 heteroatoms. The highest BCUT2D eigenvalue weighted by atomic mass is 16.5. The molecule has 0 aromatic heterocycles. The van der Waals surface area contributed by atoms with E-state index in [0.29, 0.717) is 29.6 Å². The molecule has 0 heterocycles. The molecule has 0 fully saturated rings. The number of aryl methyl sites for hydroxylation is 1. The van der Waals surface area contributed by atoms with Crippen molar-refractivity contribution in [3.63, 3.8) is 0 Å². The third-order valence-electron chi connectivity index (χ3n) is 3.42. The van der Waals surface area contributed by atoms with Crippen LogP contribution in [-0.2, 0) is 6.42 Å². The maximum Gasteiger partial charge on any atom is 0.203 e. The molecule has 0 saturated carbocycles. The van der Waals surface area contributed by atoms with Crippen LogP contribution in [0.25, 0.3) is 0 Å². The highest BCUT2D eigenvalue weighted by molar-refractivity contribution is 5.55. The van der Waals surface area contributed by atoms with Crippen molar-refractivity contribution in [2.24, 2.45) is 0 Å². The monoisotopic (exact) mass is 302 g/mol. The van der Waals surface area contributed by atoms with Crippen LogP contribution in [-0.4, -0.2) is 27.9 Å². The van der Waals surface area contributed by atoms with E-state index in [1.165, 1.54) is 11.1 Å². The van der Waals surface area contributed by atoms with Gasteiger partial charge in [0.1, 0.15) is 5.75 Å². The second-order valence-electron chi connectivity index (χ2n) is 4.95. The third-order valence-corrected chi connectivity index (χ3v) is 3.42. The molecule has 4 nitrogen and oxygen atoms in total. The van der Waals surface area contributed by atoms with E-state index in [-0.39, 0.29) is 0 Å². The zero-order chi connectivity index (χ0) is 15.9. The number of methoxy groups -OCH3 is 3. The van der Waals surface area contributed by atoms with Crippen molar-refractivity contribution < 1.29 is 18.9 Å². The lowest BCUT2D eigenvalue weighted by atomic mass is 10.1. The van der Waals surface area contributed by atoms with Crippen molar-refractivity contribution >= 4 is 0 Å². The summed E-state index contributed by atoms with van der Waals surface area (Å²) in [6.45, 7) is 2.66. The van der Waals surface area contributed by atoms with E-state index in [4.69, 9.17) is 18.9 Å². The summed E-state index contributed by atoms with van der Waals surface area (Å²) >= 11 is 0. The van der Waals surface area contributed by atoms with Gasteiger partial charge < -0.3 is 18.9 Å². The third kappa shape index (κ3) is 3.85. The van der Waals surface area contributed by atoms with Gasteiger partial charge in [-0.15, -0.1) is 0 Å². The lowest BCUT2D eigenvalue weighted by molar-refractivity contribution is 0.301. The average Bonchev–Trinajstić information content (AvgIpc) is 2.55. The minimum atomic E-state index is 0.566. The van der Waals surface area contributed by atoms with Gasteiger partial charge in [-0.25, -0.2) is 0 Å². The van der Waals surface area contributed by atoms with E-state index in [0.717, 1.165) is 6.42 Å². The Morgan fingerprint density at radius 2 is 1.41 bits per heavy atom. The average molecular weight is 302 g/mol. The van der Waals surface area contributed by atoms with Crippen LogP contribution in [0, 0.1) is 6.92 Å². The molecule has 0 amide bonds. The minimum absolute atomic E-state index is 0.566. The summed E-state index contributed by atoms with van der Waals surface area (Å²) in [7, 11) is 4.76. The van der Waals surface area contributed by atoms with Crippen molar-refractivity contribution in [3.8, 4) is 23.0 Å². The number of hydrogen-bond acceptors (Lipinski definition) is 4. The first-order valence-corrected chi connectivity index (χ1v) is 7.16. The summed E-state index contributed by atoms with van der Waals surface area (Å²) in [5.74, 6) is 2.44. The van der Waals surface area contributed by atoms with Gasteiger partial charge in [-0.05, 0) is 12.5 Å². The van der Waals surface area contributed by atoms with Gasteiger partial charge in [-0.1, -0.05) is 29.8 Å². The Kier molecular flexibility index (Phi) is 5.53. The predicted molar refractivity (Wildman–Crippen MR) is 86.5 cm³/mol. The predicted octanol–water partition coefficient (Wildman–Crippen LogP) is 3.64. The fourth-order valence-corrected chi connectivity index (χ4v) is 2.18. The SMILES string of the molecule is COc1cc(OCCc2ccc(C)cc2)cc(OC)c1OC. The molecular weight excluding hydrogens is 280 g/mol. The van der Waals surface area contributed by atoms with Gasteiger partial charge in [-0.2, -0.15) is 0 Å². The van der Waals surface area contributed by atoms with Crippen molar-refractivity contribution in [1.29, 1.82) is 0 Å². The summed E-state index contributed by atoms with van der Waals surface area (Å²) < 4.78 is 21.7. The van der Waals surface area contributed by atoms with Crippen LogP contribution in [0.4, 0.5) is 0 Å². The zero-order valence-corrected chi connectivity index (χ0v) is 13.5. The van der Waals surface area contributed by atoms with Crippen LogP contribution < -0.4 is 18.9 Å². The maximum atomic E-state index is 5.81. The van der Waals surface area contributed by atoms with E-state index >= 15 is 0 Å². The molecule has 2 rings (SSSR count). The topological polar surface area (TPSA) is 36.9 Å². The first-order chi connectivity index (χ1) is 10.7. The number of hydrogen-bond donors (Lipinski definition) is 0. The van der Waals surface area contributed by atoms with Crippen LogP contribution in [0.3, 0.4) is 0 Å². The fourth-order valence-electron chi connectivity index (χ4n) is 2.18. The number of rotatable bonds is 7. The normalized spacial score (nSPS) is 10.2. The molecule has 118 valence electrons. The summed E-state index contributed by atoms with van der Waals surface area (Å²) in [5.41, 5.74) is 2.51. The molecule has 0 radical (unpaired) electrons. The van der Waals surface area contributed by atoms with Gasteiger partial charge in [0.05, 0.1) is 27.9 Å². The van der Waals surface area contributed by atoms with Crippen molar-refractivity contribution in [1.82, 2.24) is 0 Å².